The van der Waals surface area contributed by atoms with E-state index in [9.17, 15) is 4.79 Å². The molecule has 3 aromatic carbocycles. The Hall–Kier alpha value is -3.86. The van der Waals surface area contributed by atoms with Crippen LogP contribution in [0.5, 0.6) is 5.75 Å². The topological polar surface area (TPSA) is 56.2 Å². The molecule has 0 spiro atoms. The van der Waals surface area contributed by atoms with E-state index in [2.05, 4.69) is 36.5 Å². The van der Waals surface area contributed by atoms with Gasteiger partial charge in [0.05, 0.1) is 13.2 Å². The second-order valence-electron chi connectivity index (χ2n) is 8.66. The minimum Gasteiger partial charge on any atom is -0.497 e. The van der Waals surface area contributed by atoms with Gasteiger partial charge < -0.3 is 14.6 Å². The normalized spacial score (nSPS) is 11.8. The van der Waals surface area contributed by atoms with Crippen LogP contribution < -0.4 is 10.1 Å². The van der Waals surface area contributed by atoms with Crippen molar-refractivity contribution in [3.63, 3.8) is 0 Å². The Morgan fingerprint density at radius 3 is 2.26 bits per heavy atom. The lowest BCUT2D eigenvalue weighted by Gasteiger charge is -2.17. The average molecular weight is 470 g/mol. The van der Waals surface area contributed by atoms with Crippen LogP contribution in [0.25, 0.3) is 22.6 Å². The smallest absolute Gasteiger partial charge is 0.270 e. The summed E-state index contributed by atoms with van der Waals surface area (Å²) in [6, 6.07) is 26.1. The van der Waals surface area contributed by atoms with Gasteiger partial charge in [0.25, 0.3) is 5.91 Å². The van der Waals surface area contributed by atoms with Crippen molar-refractivity contribution < 1.29 is 11.0 Å². The van der Waals surface area contributed by atoms with E-state index in [1.54, 1.807) is 7.11 Å². The summed E-state index contributed by atoms with van der Waals surface area (Å²) in [6.45, 7) is 6.84. The van der Waals surface area contributed by atoms with E-state index in [0.717, 1.165) is 41.1 Å². The number of imidazole rings is 1. The van der Waals surface area contributed by atoms with Crippen molar-refractivity contribution in [3.8, 4) is 28.4 Å². The number of hydrogen-bond donors (Lipinski definition) is 1. The molecule has 0 saturated carbocycles. The molecule has 4 rings (SSSR count). The standard InChI is InChI=1S/C30H33N3O2.H2/c1-5-10-22-13-15-24(16-14-22)27-28(33(6-2)29(32-27)25-11-8-7-9-12-25)30(34)31-21(3)23-17-19-26(35-4)20-18-23;/h7-9,11-21H,5-6,10H2,1-4H3,(H,31,34);1H/t21-;/m1./s1. The van der Waals surface area contributed by atoms with E-state index in [-0.39, 0.29) is 13.4 Å². The van der Waals surface area contributed by atoms with Crippen molar-refractivity contribution in [2.24, 2.45) is 0 Å². The number of carbonyl (C=O) groups is 1. The fraction of sp³-hybridized carbons (Fsp3) is 0.267. The number of amides is 1. The van der Waals surface area contributed by atoms with Crippen molar-refractivity contribution in [3.05, 3.63) is 95.7 Å². The van der Waals surface area contributed by atoms with Gasteiger partial charge in [-0.25, -0.2) is 4.98 Å². The highest BCUT2D eigenvalue weighted by Gasteiger charge is 2.25. The lowest BCUT2D eigenvalue weighted by molar-refractivity contribution is 0.0931. The first-order chi connectivity index (χ1) is 17.0. The maximum atomic E-state index is 13.7. The Kier molecular flexibility index (Phi) is 7.66. The summed E-state index contributed by atoms with van der Waals surface area (Å²) in [4.78, 5) is 18.7. The van der Waals surface area contributed by atoms with Crippen LogP contribution in [0.4, 0.5) is 0 Å². The van der Waals surface area contributed by atoms with E-state index in [1.165, 1.54) is 5.56 Å². The Balaban J connectivity index is 0.00000361. The number of nitrogens with one attached hydrogen (secondary N) is 1. The lowest BCUT2D eigenvalue weighted by atomic mass is 10.0. The lowest BCUT2D eigenvalue weighted by Crippen LogP contribution is -2.29. The molecule has 0 aliphatic carbocycles. The van der Waals surface area contributed by atoms with Crippen LogP contribution in [0.2, 0.25) is 0 Å². The van der Waals surface area contributed by atoms with E-state index in [1.807, 2.05) is 73.0 Å². The van der Waals surface area contributed by atoms with Gasteiger partial charge in [-0.1, -0.05) is 80.1 Å². The molecule has 1 N–H and O–H groups in total. The maximum absolute atomic E-state index is 13.7. The Labute approximate surface area is 209 Å². The molecular weight excluding hydrogens is 434 g/mol. The molecule has 0 aliphatic heterocycles. The van der Waals surface area contributed by atoms with Crippen molar-refractivity contribution in [2.45, 2.75) is 46.2 Å². The van der Waals surface area contributed by atoms with Crippen LogP contribution in [-0.4, -0.2) is 22.6 Å². The molecule has 0 bridgehead atoms. The molecule has 0 fully saturated rings. The first-order valence-corrected chi connectivity index (χ1v) is 12.3. The Morgan fingerprint density at radius 1 is 0.971 bits per heavy atom. The third-order valence-corrected chi connectivity index (χ3v) is 6.26. The number of hydrogen-bond acceptors (Lipinski definition) is 3. The predicted molar refractivity (Wildman–Crippen MR) is 144 cm³/mol. The van der Waals surface area contributed by atoms with Crippen molar-refractivity contribution in [1.29, 1.82) is 0 Å². The zero-order chi connectivity index (χ0) is 24.8. The van der Waals surface area contributed by atoms with E-state index in [0.29, 0.717) is 17.9 Å². The second-order valence-corrected chi connectivity index (χ2v) is 8.66. The van der Waals surface area contributed by atoms with Crippen molar-refractivity contribution in [1.82, 2.24) is 14.9 Å². The average Bonchev–Trinajstić information content (AvgIpc) is 3.30. The molecule has 182 valence electrons. The summed E-state index contributed by atoms with van der Waals surface area (Å²) >= 11 is 0. The number of methoxy groups -OCH3 is 1. The van der Waals surface area contributed by atoms with Crippen molar-refractivity contribution >= 4 is 5.91 Å². The molecule has 5 nitrogen and oxygen atoms in total. The van der Waals surface area contributed by atoms with Gasteiger partial charge in [0.15, 0.2) is 0 Å². The predicted octanol–water partition coefficient (Wildman–Crippen LogP) is 6.94. The minimum atomic E-state index is -0.173. The van der Waals surface area contributed by atoms with E-state index in [4.69, 9.17) is 9.72 Å². The van der Waals surface area contributed by atoms with Crippen LogP contribution in [0, 0.1) is 0 Å². The summed E-state index contributed by atoms with van der Waals surface area (Å²) in [5, 5.41) is 3.19. The number of carbonyl (C=O) groups excluding carboxylic acids is 1. The quantitative estimate of drug-likeness (QED) is 0.289. The molecule has 0 aliphatic rings. The van der Waals surface area contributed by atoms with Crippen molar-refractivity contribution in [2.75, 3.05) is 7.11 Å². The molecule has 1 heterocycles. The van der Waals surface area contributed by atoms with Gasteiger partial charge in [0.1, 0.15) is 23.0 Å². The second kappa shape index (κ2) is 11.0. The van der Waals surface area contributed by atoms with Gasteiger partial charge in [0.2, 0.25) is 0 Å². The number of aromatic nitrogens is 2. The van der Waals surface area contributed by atoms with E-state index < -0.39 is 0 Å². The fourth-order valence-corrected chi connectivity index (χ4v) is 4.36. The first-order valence-electron chi connectivity index (χ1n) is 12.3. The summed E-state index contributed by atoms with van der Waals surface area (Å²) in [6.07, 6.45) is 2.13. The van der Waals surface area contributed by atoms with Crippen LogP contribution in [0.15, 0.2) is 78.9 Å². The highest BCUT2D eigenvalue weighted by Crippen LogP contribution is 2.30. The Bertz CT molecular complexity index is 1270. The summed E-state index contributed by atoms with van der Waals surface area (Å²) in [5.41, 5.74) is 5.50. The number of aryl methyl sites for hydroxylation is 1. The van der Waals surface area contributed by atoms with Gasteiger partial charge in [-0.3, -0.25) is 4.79 Å². The highest BCUT2D eigenvalue weighted by molar-refractivity contribution is 5.99. The SMILES string of the molecule is CCCc1ccc(-c2nc(-c3ccccc3)n(CC)c2C(=O)N[C@H](C)c2ccc(OC)cc2)cc1.[HH]. The molecule has 1 aromatic heterocycles. The first kappa shape index (κ1) is 24.3. The number of rotatable bonds is 9. The molecular formula is C30H35N3O2. The van der Waals surface area contributed by atoms with Crippen LogP contribution in [0.3, 0.4) is 0 Å². The van der Waals surface area contributed by atoms with Crippen LogP contribution in [-0.2, 0) is 13.0 Å². The molecule has 0 saturated heterocycles. The molecule has 1 amide bonds. The van der Waals surface area contributed by atoms with E-state index >= 15 is 0 Å². The summed E-state index contributed by atoms with van der Waals surface area (Å²) in [7, 11) is 1.65. The van der Waals surface area contributed by atoms with Gasteiger partial charge in [-0.2, -0.15) is 0 Å². The molecule has 5 heteroatoms. The molecule has 4 aromatic rings. The van der Waals surface area contributed by atoms with Crippen LogP contribution >= 0.6 is 0 Å². The summed E-state index contributed by atoms with van der Waals surface area (Å²) < 4.78 is 7.28. The third kappa shape index (κ3) is 5.29. The number of benzene rings is 3. The van der Waals surface area contributed by atoms with Crippen LogP contribution in [0.1, 0.15) is 56.3 Å². The fourth-order valence-electron chi connectivity index (χ4n) is 4.36. The Morgan fingerprint density at radius 2 is 1.66 bits per heavy atom. The monoisotopic (exact) mass is 469 g/mol. The highest BCUT2D eigenvalue weighted by atomic mass is 16.5. The molecule has 1 atom stereocenters. The van der Waals surface area contributed by atoms with Gasteiger partial charge >= 0.3 is 0 Å². The number of ether oxygens (including phenoxy) is 1. The zero-order valence-corrected chi connectivity index (χ0v) is 20.9. The molecule has 0 unspecified atom stereocenters. The molecule has 35 heavy (non-hydrogen) atoms. The maximum Gasteiger partial charge on any atom is 0.270 e. The zero-order valence-electron chi connectivity index (χ0n) is 20.9. The molecule has 0 radical (unpaired) electrons. The third-order valence-electron chi connectivity index (χ3n) is 6.26. The van der Waals surface area contributed by atoms with Gasteiger partial charge in [-0.05, 0) is 43.5 Å². The minimum absolute atomic E-state index is 0. The van der Waals surface area contributed by atoms with Gasteiger partial charge in [-0.15, -0.1) is 0 Å². The number of nitrogens with zero attached hydrogens (tertiary/aromatic N) is 2. The largest absolute Gasteiger partial charge is 0.497 e. The summed E-state index contributed by atoms with van der Waals surface area (Å²) in [5.74, 6) is 1.44. The van der Waals surface area contributed by atoms with Gasteiger partial charge in [0, 0.05) is 19.1 Å².